The van der Waals surface area contributed by atoms with Crippen LogP contribution in [-0.2, 0) is 26.7 Å². The second kappa shape index (κ2) is 13.2. The van der Waals surface area contributed by atoms with Crippen LogP contribution in [0.1, 0.15) is 63.9 Å². The number of nitrogens with zero attached hydrogens (tertiary/aromatic N) is 3. The fourth-order valence-corrected chi connectivity index (χ4v) is 11.9. The van der Waals surface area contributed by atoms with E-state index in [0.29, 0.717) is 60.6 Å². The number of alkyl halides is 3. The number of carbonyl (C=O) groups excluding carboxylic acids is 2. The summed E-state index contributed by atoms with van der Waals surface area (Å²) in [7, 11) is -2.08. The van der Waals surface area contributed by atoms with Crippen molar-refractivity contribution in [3.8, 4) is 0 Å². The van der Waals surface area contributed by atoms with Gasteiger partial charge in [-0.25, -0.2) is 4.98 Å². The number of carbonyl (C=O) groups is 2. The Hall–Kier alpha value is -3.22. The zero-order valence-electron chi connectivity index (χ0n) is 25.6. The minimum atomic E-state index is -4.57. The first-order chi connectivity index (χ1) is 20.3. The van der Waals surface area contributed by atoms with Crippen molar-refractivity contribution in [1.82, 2.24) is 9.55 Å². The molecule has 1 aliphatic heterocycles. The number of morpholine rings is 1. The molecule has 2 aromatic carbocycles. The average molecular weight is 619 g/mol. The molecule has 0 saturated carbocycles. The van der Waals surface area contributed by atoms with Crippen molar-refractivity contribution >= 4 is 42.8 Å². The van der Waals surface area contributed by atoms with Gasteiger partial charge in [-0.2, -0.15) is 13.2 Å². The number of benzene rings is 2. The van der Waals surface area contributed by atoms with Crippen LogP contribution in [0.2, 0.25) is 16.6 Å². The summed E-state index contributed by atoms with van der Waals surface area (Å²) in [6.45, 7) is 15.2. The third-order valence-electron chi connectivity index (χ3n) is 8.29. The number of aromatic nitrogens is 2. The molecule has 1 saturated heterocycles. The molecular formula is C31H41F3N4O4Si. The Morgan fingerprint density at radius 2 is 1.77 bits per heavy atom. The summed E-state index contributed by atoms with van der Waals surface area (Å²) in [5.41, 5.74) is 2.21. The molecule has 2 amide bonds. The normalized spacial score (nSPS) is 14.9. The molecule has 0 bridgehead atoms. The van der Waals surface area contributed by atoms with E-state index < -0.39 is 26.0 Å². The van der Waals surface area contributed by atoms with Gasteiger partial charge in [-0.05, 0) is 59.4 Å². The van der Waals surface area contributed by atoms with Crippen LogP contribution in [0.15, 0.2) is 42.5 Å². The highest BCUT2D eigenvalue weighted by molar-refractivity contribution is 6.77. The molecule has 0 atom stereocenters. The fourth-order valence-electron chi connectivity index (χ4n) is 6.38. The van der Waals surface area contributed by atoms with Crippen LogP contribution in [-0.4, -0.2) is 56.0 Å². The lowest BCUT2D eigenvalue weighted by atomic mass is 10.1. The number of imidazole rings is 1. The van der Waals surface area contributed by atoms with Gasteiger partial charge in [0.15, 0.2) is 8.32 Å². The largest absolute Gasteiger partial charge is 0.416 e. The number of fused-ring (bicyclic) bond motifs is 1. The highest BCUT2D eigenvalue weighted by Gasteiger charge is 2.44. The van der Waals surface area contributed by atoms with Crippen molar-refractivity contribution in [1.29, 1.82) is 0 Å². The van der Waals surface area contributed by atoms with Gasteiger partial charge in [0.2, 0.25) is 5.95 Å². The molecule has 12 heteroatoms. The van der Waals surface area contributed by atoms with Gasteiger partial charge in [0.25, 0.3) is 11.8 Å². The van der Waals surface area contributed by atoms with Gasteiger partial charge >= 0.3 is 6.18 Å². The Balaban J connectivity index is 1.63. The van der Waals surface area contributed by atoms with E-state index in [0.717, 1.165) is 17.6 Å². The number of aryl methyl sites for hydroxylation is 1. The second-order valence-electron chi connectivity index (χ2n) is 11.9. The van der Waals surface area contributed by atoms with Crippen molar-refractivity contribution in [2.45, 2.75) is 77.3 Å². The predicted molar refractivity (Wildman–Crippen MR) is 164 cm³/mol. The van der Waals surface area contributed by atoms with Gasteiger partial charge < -0.3 is 18.6 Å². The van der Waals surface area contributed by atoms with Crippen LogP contribution in [0.5, 0.6) is 0 Å². The van der Waals surface area contributed by atoms with Crippen molar-refractivity contribution in [2.24, 2.45) is 0 Å². The predicted octanol–water partition coefficient (Wildman–Crippen LogP) is 7.25. The third kappa shape index (κ3) is 6.96. The van der Waals surface area contributed by atoms with Gasteiger partial charge in [-0.3, -0.25) is 14.9 Å². The molecule has 234 valence electrons. The van der Waals surface area contributed by atoms with Gasteiger partial charge in [-0.15, -0.1) is 0 Å². The van der Waals surface area contributed by atoms with Crippen LogP contribution >= 0.6 is 0 Å². The molecule has 0 spiro atoms. The molecule has 0 unspecified atom stereocenters. The van der Waals surface area contributed by atoms with Crippen LogP contribution in [0.4, 0.5) is 24.8 Å². The van der Waals surface area contributed by atoms with Crippen LogP contribution in [0.25, 0.3) is 11.0 Å². The number of ether oxygens (including phenoxy) is 1. The molecule has 0 aliphatic carbocycles. The van der Waals surface area contributed by atoms with E-state index in [1.807, 2.05) is 16.7 Å². The highest BCUT2D eigenvalue weighted by Crippen LogP contribution is 2.42. The molecule has 3 aromatic rings. The Morgan fingerprint density at radius 1 is 1.07 bits per heavy atom. The molecule has 2 heterocycles. The van der Waals surface area contributed by atoms with Crippen molar-refractivity contribution in [3.05, 3.63) is 53.6 Å². The van der Waals surface area contributed by atoms with Crippen molar-refractivity contribution in [2.75, 3.05) is 36.6 Å². The number of halogens is 3. The van der Waals surface area contributed by atoms with Gasteiger partial charge in [0.1, 0.15) is 6.61 Å². The van der Waals surface area contributed by atoms with E-state index in [4.69, 9.17) is 9.16 Å². The first-order valence-electron chi connectivity index (χ1n) is 14.8. The first-order valence-corrected chi connectivity index (χ1v) is 16.9. The Labute approximate surface area is 251 Å². The topological polar surface area (TPSA) is 85.7 Å². The molecule has 1 N–H and O–H groups in total. The lowest BCUT2D eigenvalue weighted by Crippen LogP contribution is -2.48. The molecular weight excluding hydrogens is 577 g/mol. The molecule has 1 aromatic heterocycles. The third-order valence-corrected chi connectivity index (χ3v) is 14.4. The number of rotatable bonds is 11. The summed E-state index contributed by atoms with van der Waals surface area (Å²) < 4.78 is 53.7. The average Bonchev–Trinajstić information content (AvgIpc) is 3.28. The van der Waals surface area contributed by atoms with E-state index in [1.54, 1.807) is 11.0 Å². The van der Waals surface area contributed by atoms with E-state index in [9.17, 15) is 22.8 Å². The molecule has 1 fully saturated rings. The first kappa shape index (κ1) is 32.7. The van der Waals surface area contributed by atoms with E-state index in [2.05, 4.69) is 51.8 Å². The summed E-state index contributed by atoms with van der Waals surface area (Å²) >= 11 is 0. The Bertz CT molecular complexity index is 1430. The molecule has 43 heavy (non-hydrogen) atoms. The van der Waals surface area contributed by atoms with Crippen LogP contribution in [0, 0.1) is 0 Å². The van der Waals surface area contributed by atoms with E-state index >= 15 is 0 Å². The van der Waals surface area contributed by atoms with E-state index in [1.165, 1.54) is 12.1 Å². The maximum atomic E-state index is 13.3. The zero-order chi connectivity index (χ0) is 31.5. The quantitative estimate of drug-likeness (QED) is 0.181. The summed E-state index contributed by atoms with van der Waals surface area (Å²) in [5.74, 6) is -0.648. The zero-order valence-corrected chi connectivity index (χ0v) is 26.6. The maximum Gasteiger partial charge on any atom is 0.416 e. The summed E-state index contributed by atoms with van der Waals surface area (Å²) in [4.78, 5) is 31.9. The SMILES string of the molecule is CC(C)[Si](OCCCn1c(NC(=O)c2cccc(C(F)(F)F)c2)nc2cc(N3CCOCC3=O)ccc21)(C(C)C)C(C)C. The standard InChI is InChI=1S/C31H41F3N4O4Si/c1-20(2)43(21(3)4,22(5)6)42-15-8-13-38-27-12-11-25(37-14-16-41-19-28(37)39)18-26(27)35-30(38)36-29(40)23-9-7-10-24(17-23)31(32,33)34/h7,9-12,17-18,20-22H,8,13-16,19H2,1-6H3,(H,35,36,40). The lowest BCUT2D eigenvalue weighted by molar-refractivity contribution is -0.137. The number of anilines is 2. The molecule has 0 radical (unpaired) electrons. The number of hydrogen-bond acceptors (Lipinski definition) is 5. The van der Waals surface area contributed by atoms with Gasteiger partial charge in [0, 0.05) is 30.9 Å². The summed E-state index contributed by atoms with van der Waals surface area (Å²) in [5, 5.41) is 2.73. The molecule has 1 aliphatic rings. The molecule has 8 nitrogen and oxygen atoms in total. The summed E-state index contributed by atoms with van der Waals surface area (Å²) in [6, 6.07) is 9.74. The monoisotopic (exact) mass is 618 g/mol. The smallest absolute Gasteiger partial charge is 0.416 e. The minimum absolute atomic E-state index is 0.00128. The maximum absolute atomic E-state index is 13.3. The highest BCUT2D eigenvalue weighted by atomic mass is 28.4. The van der Waals surface area contributed by atoms with Crippen molar-refractivity contribution < 1.29 is 31.9 Å². The Morgan fingerprint density at radius 3 is 2.40 bits per heavy atom. The van der Waals surface area contributed by atoms with E-state index in [-0.39, 0.29) is 24.0 Å². The minimum Gasteiger partial charge on any atom is -0.416 e. The van der Waals surface area contributed by atoms with Crippen LogP contribution in [0.3, 0.4) is 0 Å². The van der Waals surface area contributed by atoms with Gasteiger partial charge in [0.05, 0.1) is 23.2 Å². The summed E-state index contributed by atoms with van der Waals surface area (Å²) in [6.07, 6.45) is -3.93. The molecule has 4 rings (SSSR count). The second-order valence-corrected chi connectivity index (χ2v) is 17.4. The number of nitrogens with one attached hydrogen (secondary N) is 1. The fraction of sp³-hybridized carbons (Fsp3) is 0.516. The number of hydrogen-bond donors (Lipinski definition) is 1. The van der Waals surface area contributed by atoms with Crippen LogP contribution < -0.4 is 10.2 Å². The number of amides is 2. The van der Waals surface area contributed by atoms with Crippen molar-refractivity contribution in [3.63, 3.8) is 0 Å². The lowest BCUT2D eigenvalue weighted by Gasteiger charge is -2.42. The van der Waals surface area contributed by atoms with Gasteiger partial charge in [-0.1, -0.05) is 47.6 Å². The Kier molecular flexibility index (Phi) is 10.0.